The van der Waals surface area contributed by atoms with Crippen LogP contribution in [0, 0.1) is 6.92 Å². The predicted molar refractivity (Wildman–Crippen MR) is 73.9 cm³/mol. The molecule has 0 aliphatic rings. The lowest BCUT2D eigenvalue weighted by Gasteiger charge is -2.08. The summed E-state index contributed by atoms with van der Waals surface area (Å²) >= 11 is 0. The minimum atomic E-state index is 0.0467. The SMILES string of the molecule is C/C=C/CCNC(=O)Cc1ccc(C)c(OC)c1. The number of carbonyl (C=O) groups is 1. The molecule has 3 nitrogen and oxygen atoms in total. The van der Waals surface area contributed by atoms with E-state index in [9.17, 15) is 4.79 Å². The molecule has 3 heteroatoms. The van der Waals surface area contributed by atoms with Gasteiger partial charge in [0.05, 0.1) is 13.5 Å². The lowest BCUT2D eigenvalue weighted by atomic mass is 10.1. The number of carbonyl (C=O) groups excluding carboxylic acids is 1. The molecule has 0 atom stereocenters. The summed E-state index contributed by atoms with van der Waals surface area (Å²) in [5.74, 6) is 0.875. The van der Waals surface area contributed by atoms with Crippen molar-refractivity contribution in [3.8, 4) is 5.75 Å². The molecule has 0 aromatic heterocycles. The highest BCUT2D eigenvalue weighted by Gasteiger charge is 2.05. The largest absolute Gasteiger partial charge is 0.496 e. The van der Waals surface area contributed by atoms with Gasteiger partial charge in [-0.2, -0.15) is 0 Å². The number of aryl methyl sites for hydroxylation is 1. The van der Waals surface area contributed by atoms with Gasteiger partial charge in [0.1, 0.15) is 5.75 Å². The molecule has 1 amide bonds. The average molecular weight is 247 g/mol. The van der Waals surface area contributed by atoms with Crippen LogP contribution in [0.1, 0.15) is 24.5 Å². The zero-order chi connectivity index (χ0) is 13.4. The summed E-state index contributed by atoms with van der Waals surface area (Å²) < 4.78 is 5.24. The number of hydrogen-bond donors (Lipinski definition) is 1. The normalized spacial score (nSPS) is 10.6. The molecule has 0 fully saturated rings. The van der Waals surface area contributed by atoms with Gasteiger partial charge in [0.15, 0.2) is 0 Å². The zero-order valence-corrected chi connectivity index (χ0v) is 11.3. The average Bonchev–Trinajstić information content (AvgIpc) is 2.37. The second-order valence-corrected chi connectivity index (χ2v) is 4.19. The molecule has 0 saturated heterocycles. The van der Waals surface area contributed by atoms with Crippen molar-refractivity contribution in [2.75, 3.05) is 13.7 Å². The van der Waals surface area contributed by atoms with E-state index in [1.54, 1.807) is 7.11 Å². The Morgan fingerprint density at radius 2 is 2.22 bits per heavy atom. The maximum absolute atomic E-state index is 11.7. The third kappa shape index (κ3) is 4.62. The first-order valence-corrected chi connectivity index (χ1v) is 6.18. The van der Waals surface area contributed by atoms with Crippen molar-refractivity contribution >= 4 is 5.91 Å². The van der Waals surface area contributed by atoms with Gasteiger partial charge in [-0.15, -0.1) is 0 Å². The Balaban J connectivity index is 2.49. The first kappa shape index (κ1) is 14.3. The zero-order valence-electron chi connectivity index (χ0n) is 11.3. The molecule has 0 unspecified atom stereocenters. The number of benzene rings is 1. The van der Waals surface area contributed by atoms with Crippen LogP contribution in [0.5, 0.6) is 5.75 Å². The van der Waals surface area contributed by atoms with Crippen LogP contribution in [0.15, 0.2) is 30.4 Å². The summed E-state index contributed by atoms with van der Waals surface area (Å²) in [4.78, 5) is 11.7. The molecule has 0 saturated carbocycles. The molecule has 1 N–H and O–H groups in total. The second-order valence-electron chi connectivity index (χ2n) is 4.19. The quantitative estimate of drug-likeness (QED) is 0.620. The number of amides is 1. The monoisotopic (exact) mass is 247 g/mol. The molecule has 1 aromatic carbocycles. The van der Waals surface area contributed by atoms with E-state index in [4.69, 9.17) is 4.74 Å². The fourth-order valence-corrected chi connectivity index (χ4v) is 1.68. The van der Waals surface area contributed by atoms with E-state index in [2.05, 4.69) is 5.32 Å². The number of methoxy groups -OCH3 is 1. The molecule has 0 radical (unpaired) electrons. The lowest BCUT2D eigenvalue weighted by Crippen LogP contribution is -2.25. The van der Waals surface area contributed by atoms with E-state index in [1.807, 2.05) is 44.2 Å². The van der Waals surface area contributed by atoms with E-state index in [0.717, 1.165) is 23.3 Å². The van der Waals surface area contributed by atoms with Crippen LogP contribution in [0.4, 0.5) is 0 Å². The van der Waals surface area contributed by atoms with Crippen LogP contribution in [0.25, 0.3) is 0 Å². The standard InChI is InChI=1S/C15H21NO2/c1-4-5-6-9-16-15(17)11-13-8-7-12(2)14(10-13)18-3/h4-5,7-8,10H,6,9,11H2,1-3H3,(H,16,17)/b5-4+. The lowest BCUT2D eigenvalue weighted by molar-refractivity contribution is -0.120. The van der Waals surface area contributed by atoms with Gasteiger partial charge >= 0.3 is 0 Å². The van der Waals surface area contributed by atoms with E-state index < -0.39 is 0 Å². The molecule has 0 bridgehead atoms. The van der Waals surface area contributed by atoms with Gasteiger partial charge in [0.2, 0.25) is 5.91 Å². The molecular weight excluding hydrogens is 226 g/mol. The van der Waals surface area contributed by atoms with E-state index in [0.29, 0.717) is 13.0 Å². The van der Waals surface area contributed by atoms with Crippen molar-refractivity contribution in [2.24, 2.45) is 0 Å². The molecule has 1 aromatic rings. The highest BCUT2D eigenvalue weighted by molar-refractivity contribution is 5.78. The first-order valence-electron chi connectivity index (χ1n) is 6.18. The van der Waals surface area contributed by atoms with Crippen molar-refractivity contribution in [2.45, 2.75) is 26.7 Å². The van der Waals surface area contributed by atoms with Crippen molar-refractivity contribution in [1.29, 1.82) is 0 Å². The number of ether oxygens (including phenoxy) is 1. The molecular formula is C15H21NO2. The number of rotatable bonds is 6. The summed E-state index contributed by atoms with van der Waals surface area (Å²) in [7, 11) is 1.64. The van der Waals surface area contributed by atoms with Crippen LogP contribution < -0.4 is 10.1 Å². The fraction of sp³-hybridized carbons (Fsp3) is 0.400. The van der Waals surface area contributed by atoms with Crippen molar-refractivity contribution in [3.05, 3.63) is 41.5 Å². The molecule has 0 aliphatic heterocycles. The van der Waals surface area contributed by atoms with Gasteiger partial charge < -0.3 is 10.1 Å². The summed E-state index contributed by atoms with van der Waals surface area (Å²) in [5, 5.41) is 2.89. The van der Waals surface area contributed by atoms with Crippen molar-refractivity contribution in [3.63, 3.8) is 0 Å². The minimum Gasteiger partial charge on any atom is -0.496 e. The topological polar surface area (TPSA) is 38.3 Å². The van der Waals surface area contributed by atoms with Crippen LogP contribution >= 0.6 is 0 Å². The molecule has 0 heterocycles. The summed E-state index contributed by atoms with van der Waals surface area (Å²) in [6, 6.07) is 5.85. The summed E-state index contributed by atoms with van der Waals surface area (Å²) in [6.45, 7) is 4.65. The summed E-state index contributed by atoms with van der Waals surface area (Å²) in [6.07, 6.45) is 5.29. The van der Waals surface area contributed by atoms with Gasteiger partial charge in [0, 0.05) is 6.54 Å². The van der Waals surface area contributed by atoms with Crippen LogP contribution in [0.2, 0.25) is 0 Å². The van der Waals surface area contributed by atoms with Crippen LogP contribution in [-0.4, -0.2) is 19.6 Å². The van der Waals surface area contributed by atoms with Gasteiger partial charge in [-0.3, -0.25) is 4.79 Å². The summed E-state index contributed by atoms with van der Waals surface area (Å²) in [5.41, 5.74) is 2.05. The van der Waals surface area contributed by atoms with E-state index in [-0.39, 0.29) is 5.91 Å². The van der Waals surface area contributed by atoms with Crippen LogP contribution in [0.3, 0.4) is 0 Å². The minimum absolute atomic E-state index is 0.0467. The smallest absolute Gasteiger partial charge is 0.224 e. The number of nitrogens with one attached hydrogen (secondary N) is 1. The highest BCUT2D eigenvalue weighted by Crippen LogP contribution is 2.19. The molecule has 0 spiro atoms. The Morgan fingerprint density at radius 3 is 2.89 bits per heavy atom. The number of hydrogen-bond acceptors (Lipinski definition) is 2. The van der Waals surface area contributed by atoms with E-state index in [1.165, 1.54) is 0 Å². The maximum atomic E-state index is 11.7. The maximum Gasteiger partial charge on any atom is 0.224 e. The Kier molecular flexibility index (Phi) is 5.98. The fourth-order valence-electron chi connectivity index (χ4n) is 1.68. The number of allylic oxidation sites excluding steroid dienone is 1. The van der Waals surface area contributed by atoms with Gasteiger partial charge in [0.25, 0.3) is 0 Å². The Hall–Kier alpha value is -1.77. The molecule has 98 valence electrons. The van der Waals surface area contributed by atoms with E-state index >= 15 is 0 Å². The molecule has 18 heavy (non-hydrogen) atoms. The van der Waals surface area contributed by atoms with Gasteiger partial charge in [-0.05, 0) is 37.5 Å². The Labute approximate surface area is 109 Å². The Bertz CT molecular complexity index is 425. The van der Waals surface area contributed by atoms with Crippen LogP contribution in [-0.2, 0) is 11.2 Å². The predicted octanol–water partition coefficient (Wildman–Crippen LogP) is 2.63. The first-order chi connectivity index (χ1) is 8.67. The van der Waals surface area contributed by atoms with Crippen molar-refractivity contribution < 1.29 is 9.53 Å². The molecule has 0 aliphatic carbocycles. The van der Waals surface area contributed by atoms with Gasteiger partial charge in [-0.25, -0.2) is 0 Å². The highest BCUT2D eigenvalue weighted by atomic mass is 16.5. The second kappa shape index (κ2) is 7.54. The third-order valence-electron chi connectivity index (χ3n) is 2.71. The molecule has 1 rings (SSSR count). The van der Waals surface area contributed by atoms with Crippen molar-refractivity contribution in [1.82, 2.24) is 5.32 Å². The van der Waals surface area contributed by atoms with Gasteiger partial charge in [-0.1, -0.05) is 24.3 Å². The Morgan fingerprint density at radius 1 is 1.44 bits per heavy atom. The third-order valence-corrected chi connectivity index (χ3v) is 2.71.